The van der Waals surface area contributed by atoms with Crippen molar-refractivity contribution in [3.8, 4) is 11.5 Å². The van der Waals surface area contributed by atoms with E-state index in [9.17, 15) is 4.79 Å². The monoisotopic (exact) mass is 322 g/mol. The molecule has 0 unspecified atom stereocenters. The van der Waals surface area contributed by atoms with Gasteiger partial charge in [0.1, 0.15) is 11.5 Å². The molecule has 0 amide bonds. The summed E-state index contributed by atoms with van der Waals surface area (Å²) in [5.74, 6) is 0.977. The molecule has 0 aliphatic carbocycles. The van der Waals surface area contributed by atoms with Gasteiger partial charge in [-0.25, -0.2) is 9.97 Å². The van der Waals surface area contributed by atoms with Crippen molar-refractivity contribution in [3.63, 3.8) is 0 Å². The molecule has 4 rings (SSSR count). The molecule has 6 nitrogen and oxygen atoms in total. The maximum absolute atomic E-state index is 12.4. The Hall–Kier alpha value is -2.60. The number of pyridine rings is 2. The van der Waals surface area contributed by atoms with Gasteiger partial charge in [-0.2, -0.15) is 0 Å². The van der Waals surface area contributed by atoms with E-state index in [1.807, 2.05) is 18.2 Å². The van der Waals surface area contributed by atoms with E-state index in [1.54, 1.807) is 12.4 Å². The summed E-state index contributed by atoms with van der Waals surface area (Å²) in [6.45, 7) is 1.78. The molecule has 0 bridgehead atoms. The molecule has 1 saturated heterocycles. The molecule has 1 aliphatic heterocycles. The third-order valence-electron chi connectivity index (χ3n) is 4.42. The lowest BCUT2D eigenvalue weighted by Crippen LogP contribution is -2.35. The van der Waals surface area contributed by atoms with Crippen LogP contribution in [-0.4, -0.2) is 33.8 Å². The Morgan fingerprint density at radius 3 is 3.08 bits per heavy atom. The van der Waals surface area contributed by atoms with Gasteiger partial charge in [0.05, 0.1) is 11.7 Å². The quantitative estimate of drug-likeness (QED) is 0.794. The van der Waals surface area contributed by atoms with Crippen LogP contribution in [0.2, 0.25) is 0 Å². The van der Waals surface area contributed by atoms with Gasteiger partial charge in [0.2, 0.25) is 0 Å². The fraction of sp³-hybridized carbons (Fsp3) is 0.333. The van der Waals surface area contributed by atoms with Crippen LogP contribution in [0.1, 0.15) is 18.5 Å². The van der Waals surface area contributed by atoms with Crippen LogP contribution in [0.15, 0.2) is 41.4 Å². The van der Waals surface area contributed by atoms with Gasteiger partial charge >= 0.3 is 0 Å². The Morgan fingerprint density at radius 1 is 1.33 bits per heavy atom. The minimum absolute atomic E-state index is 0.102. The van der Waals surface area contributed by atoms with Crippen LogP contribution < -0.4 is 5.32 Å². The molecule has 0 spiro atoms. The first-order valence-corrected chi connectivity index (χ1v) is 8.17. The second-order valence-electron chi connectivity index (χ2n) is 6.12. The molecule has 3 aromatic rings. The van der Waals surface area contributed by atoms with Crippen molar-refractivity contribution in [1.29, 1.82) is 0 Å². The molecular formula is C18H18N4O2. The number of oxazole rings is 1. The van der Waals surface area contributed by atoms with E-state index in [4.69, 9.17) is 4.42 Å². The van der Waals surface area contributed by atoms with E-state index >= 15 is 0 Å². The number of hydrogen-bond acceptors (Lipinski definition) is 6. The number of rotatable bonds is 4. The predicted molar refractivity (Wildman–Crippen MR) is 89.3 cm³/mol. The van der Waals surface area contributed by atoms with E-state index in [0.717, 1.165) is 48.2 Å². The van der Waals surface area contributed by atoms with Gasteiger partial charge < -0.3 is 9.73 Å². The molecule has 1 N–H and O–H groups in total. The summed E-state index contributed by atoms with van der Waals surface area (Å²) in [5.41, 5.74) is 2.30. The molecule has 122 valence electrons. The number of carbonyl (C=O) groups is 1. The lowest BCUT2D eigenvalue weighted by atomic mass is 9.92. The highest BCUT2D eigenvalue weighted by atomic mass is 16.3. The zero-order chi connectivity index (χ0) is 16.4. The fourth-order valence-electron chi connectivity index (χ4n) is 3.08. The van der Waals surface area contributed by atoms with Crippen LogP contribution >= 0.6 is 0 Å². The summed E-state index contributed by atoms with van der Waals surface area (Å²) >= 11 is 0. The first-order chi connectivity index (χ1) is 11.8. The molecule has 1 atom stereocenters. The number of Topliss-reactive ketones (excluding diaryl/α,β-unsaturated/α-hetero) is 1. The molecule has 1 aliphatic rings. The molecule has 1 fully saturated rings. The summed E-state index contributed by atoms with van der Waals surface area (Å²) in [5, 5.41) is 4.22. The number of nitrogens with one attached hydrogen (secondary N) is 1. The largest absolute Gasteiger partial charge is 0.442 e. The average molecular weight is 322 g/mol. The minimum Gasteiger partial charge on any atom is -0.442 e. The highest BCUT2D eigenvalue weighted by Crippen LogP contribution is 2.21. The van der Waals surface area contributed by atoms with Crippen molar-refractivity contribution in [1.82, 2.24) is 20.3 Å². The Kier molecular flexibility index (Phi) is 4.04. The zero-order valence-electron chi connectivity index (χ0n) is 13.2. The Bertz CT molecular complexity index is 855. The smallest absolute Gasteiger partial charge is 0.181 e. The summed E-state index contributed by atoms with van der Waals surface area (Å²) in [4.78, 5) is 25.4. The number of piperidine rings is 1. The maximum Gasteiger partial charge on any atom is 0.181 e. The van der Waals surface area contributed by atoms with Crippen LogP contribution in [0.4, 0.5) is 0 Å². The predicted octanol–water partition coefficient (Wildman–Crippen LogP) is 2.40. The van der Waals surface area contributed by atoms with Crippen LogP contribution in [-0.2, 0) is 11.2 Å². The number of hydrogen-bond donors (Lipinski definition) is 1. The number of nitrogens with zero attached hydrogens (tertiary/aromatic N) is 3. The van der Waals surface area contributed by atoms with Crippen molar-refractivity contribution in [2.75, 3.05) is 13.1 Å². The van der Waals surface area contributed by atoms with E-state index < -0.39 is 0 Å². The van der Waals surface area contributed by atoms with E-state index in [-0.39, 0.29) is 11.7 Å². The van der Waals surface area contributed by atoms with Crippen molar-refractivity contribution < 1.29 is 9.21 Å². The topological polar surface area (TPSA) is 80.9 Å². The van der Waals surface area contributed by atoms with Gasteiger partial charge in [-0.3, -0.25) is 9.78 Å². The van der Waals surface area contributed by atoms with Crippen LogP contribution in [0.3, 0.4) is 0 Å². The normalized spacial score (nSPS) is 17.9. The molecule has 3 aromatic heterocycles. The van der Waals surface area contributed by atoms with Crippen molar-refractivity contribution in [3.05, 3.63) is 42.7 Å². The Morgan fingerprint density at radius 2 is 2.29 bits per heavy atom. The minimum atomic E-state index is 0.102. The maximum atomic E-state index is 12.4. The number of carbonyl (C=O) groups excluding carboxylic acids is 1. The summed E-state index contributed by atoms with van der Waals surface area (Å²) in [7, 11) is 0. The van der Waals surface area contributed by atoms with Gasteiger partial charge in [0, 0.05) is 36.2 Å². The highest BCUT2D eigenvalue weighted by molar-refractivity contribution is 5.85. The molecule has 6 heteroatoms. The first kappa shape index (κ1) is 15.0. The molecule has 24 heavy (non-hydrogen) atoms. The fourth-order valence-corrected chi connectivity index (χ4v) is 3.08. The Labute approximate surface area is 139 Å². The standard InChI is InChI=1S/C18H18N4O2/c23-17(13-2-1-5-19-8-13)7-14-6-16-12(9-21-14)3-4-15(22-16)18-10-20-11-24-18/h3-4,6,9-11,13,19H,1-2,5,7-8H2/t13-/m1/s1. The zero-order valence-corrected chi connectivity index (χ0v) is 13.2. The van der Waals surface area contributed by atoms with Crippen molar-refractivity contribution in [2.45, 2.75) is 19.3 Å². The van der Waals surface area contributed by atoms with Gasteiger partial charge in [0.25, 0.3) is 0 Å². The highest BCUT2D eigenvalue weighted by Gasteiger charge is 2.21. The number of ketones is 1. The second-order valence-corrected chi connectivity index (χ2v) is 6.12. The SMILES string of the molecule is O=C(Cc1cc2nc(-c3cnco3)ccc2cn1)[C@@H]1CCCNC1. The van der Waals surface area contributed by atoms with Gasteiger partial charge in [-0.15, -0.1) is 0 Å². The van der Waals surface area contributed by atoms with Crippen molar-refractivity contribution in [2.24, 2.45) is 5.92 Å². The molecule has 4 heterocycles. The van der Waals surface area contributed by atoms with Crippen molar-refractivity contribution >= 4 is 16.7 Å². The van der Waals surface area contributed by atoms with Gasteiger partial charge in [0.15, 0.2) is 12.2 Å². The second kappa shape index (κ2) is 6.49. The van der Waals surface area contributed by atoms with E-state index in [0.29, 0.717) is 12.2 Å². The van der Waals surface area contributed by atoms with Crippen LogP contribution in [0.25, 0.3) is 22.4 Å². The van der Waals surface area contributed by atoms with E-state index in [2.05, 4.69) is 20.3 Å². The lowest BCUT2D eigenvalue weighted by molar-refractivity contribution is -0.122. The average Bonchev–Trinajstić information content (AvgIpc) is 3.16. The summed E-state index contributed by atoms with van der Waals surface area (Å²) in [6, 6.07) is 5.72. The van der Waals surface area contributed by atoms with Crippen LogP contribution in [0, 0.1) is 5.92 Å². The first-order valence-electron chi connectivity index (χ1n) is 8.17. The lowest BCUT2D eigenvalue weighted by Gasteiger charge is -2.21. The molecule has 0 saturated carbocycles. The summed E-state index contributed by atoms with van der Waals surface area (Å²) < 4.78 is 5.29. The summed E-state index contributed by atoms with van der Waals surface area (Å²) in [6.07, 6.45) is 7.17. The molecular weight excluding hydrogens is 304 g/mol. The number of aromatic nitrogens is 3. The Balaban J connectivity index is 1.58. The van der Waals surface area contributed by atoms with Gasteiger partial charge in [-0.05, 0) is 37.6 Å². The van der Waals surface area contributed by atoms with Gasteiger partial charge in [-0.1, -0.05) is 0 Å². The van der Waals surface area contributed by atoms with Crippen LogP contribution in [0.5, 0.6) is 0 Å². The third kappa shape index (κ3) is 3.05. The number of fused-ring (bicyclic) bond motifs is 1. The third-order valence-corrected chi connectivity index (χ3v) is 4.42. The molecule has 0 aromatic carbocycles. The van der Waals surface area contributed by atoms with E-state index in [1.165, 1.54) is 6.39 Å². The molecule has 0 radical (unpaired) electrons.